The van der Waals surface area contributed by atoms with Gasteiger partial charge in [-0.2, -0.15) is 0 Å². The number of rotatable bonds is 5. The van der Waals surface area contributed by atoms with Gasteiger partial charge in [0.2, 0.25) is 0 Å². The van der Waals surface area contributed by atoms with E-state index in [-0.39, 0.29) is 18.1 Å². The largest absolute Gasteiger partial charge is 0.457 e. The molecule has 4 rings (SSSR count). The first-order chi connectivity index (χ1) is 13.1. The van der Waals surface area contributed by atoms with Gasteiger partial charge in [-0.25, -0.2) is 4.98 Å². The van der Waals surface area contributed by atoms with Gasteiger partial charge >= 0.3 is 0 Å². The van der Waals surface area contributed by atoms with Crippen LogP contribution in [0.5, 0.6) is 11.5 Å². The van der Waals surface area contributed by atoms with Crippen LogP contribution in [0.3, 0.4) is 0 Å². The minimum Gasteiger partial charge on any atom is -0.457 e. The van der Waals surface area contributed by atoms with E-state index in [1.54, 1.807) is 25.4 Å². The summed E-state index contributed by atoms with van der Waals surface area (Å²) in [6, 6.07) is 9.04. The lowest BCUT2D eigenvalue weighted by molar-refractivity contribution is 0.0958. The fourth-order valence-corrected chi connectivity index (χ4v) is 4.12. The van der Waals surface area contributed by atoms with Crippen LogP contribution in [0, 0.1) is 0 Å². The predicted octanol–water partition coefficient (Wildman–Crippen LogP) is 3.17. The Morgan fingerprint density at radius 3 is 2.89 bits per heavy atom. The Morgan fingerprint density at radius 2 is 2.11 bits per heavy atom. The second kappa shape index (κ2) is 7.50. The highest BCUT2D eigenvalue weighted by Crippen LogP contribution is 2.33. The number of ether oxygens (including phenoxy) is 1. The number of aromatic nitrogens is 2. The molecule has 3 aromatic rings. The number of hydrogen-bond acceptors (Lipinski definition) is 7. The van der Waals surface area contributed by atoms with Crippen LogP contribution in [0.25, 0.3) is 10.2 Å². The summed E-state index contributed by atoms with van der Waals surface area (Å²) in [6.45, 7) is 0. The lowest BCUT2D eigenvalue weighted by Crippen LogP contribution is -2.27. The Hall–Kier alpha value is -2.71. The second-order valence-corrected chi connectivity index (χ2v) is 7.49. The number of carbonyl (C=O) groups is 1. The second-order valence-electron chi connectivity index (χ2n) is 6.46. The highest BCUT2D eigenvalue weighted by Gasteiger charge is 2.25. The Labute approximate surface area is 160 Å². The molecular weight excluding hydrogens is 364 g/mol. The van der Waals surface area contributed by atoms with Gasteiger partial charge in [-0.15, -0.1) is 0 Å². The maximum atomic E-state index is 11.7. The third-order valence-corrected chi connectivity index (χ3v) is 5.52. The summed E-state index contributed by atoms with van der Waals surface area (Å²) in [4.78, 5) is 20.3. The zero-order chi connectivity index (χ0) is 18.8. The molecule has 1 aliphatic rings. The summed E-state index contributed by atoms with van der Waals surface area (Å²) in [6.07, 6.45) is 4.06. The molecule has 0 radical (unpaired) electrons. The molecule has 0 unspecified atom stereocenters. The number of thiazole rings is 1. The molecule has 1 aromatic carbocycles. The Balaban J connectivity index is 1.52. The van der Waals surface area contributed by atoms with Crippen LogP contribution in [-0.2, 0) is 0 Å². The van der Waals surface area contributed by atoms with Crippen LogP contribution in [0.4, 0.5) is 5.13 Å². The summed E-state index contributed by atoms with van der Waals surface area (Å²) in [5, 5.41) is 16.7. The molecule has 2 heterocycles. The molecule has 27 heavy (non-hydrogen) atoms. The SMILES string of the molecule is CNC(=O)c1cc(Oc2ccc3nc(N[C@@H]4CCC[C@H]4O)sc3c2)ccn1. The van der Waals surface area contributed by atoms with E-state index in [1.165, 1.54) is 11.3 Å². The number of aliphatic hydroxyl groups excluding tert-OH is 1. The first kappa shape index (κ1) is 17.7. The van der Waals surface area contributed by atoms with Crippen LogP contribution in [0.2, 0.25) is 0 Å². The Kier molecular flexibility index (Phi) is 4.91. The molecule has 2 aromatic heterocycles. The van der Waals surface area contributed by atoms with Crippen molar-refractivity contribution in [3.8, 4) is 11.5 Å². The fraction of sp³-hybridized carbons (Fsp3) is 0.316. The van der Waals surface area contributed by atoms with Crippen LogP contribution in [0.15, 0.2) is 36.5 Å². The van der Waals surface area contributed by atoms with Crippen molar-refractivity contribution >= 4 is 32.6 Å². The molecule has 1 aliphatic carbocycles. The lowest BCUT2D eigenvalue weighted by Gasteiger charge is -2.14. The summed E-state index contributed by atoms with van der Waals surface area (Å²) in [5.74, 6) is 0.940. The molecule has 1 saturated carbocycles. The highest BCUT2D eigenvalue weighted by molar-refractivity contribution is 7.22. The van der Waals surface area contributed by atoms with E-state index < -0.39 is 0 Å². The van der Waals surface area contributed by atoms with E-state index >= 15 is 0 Å². The number of hydrogen-bond donors (Lipinski definition) is 3. The Morgan fingerprint density at radius 1 is 1.26 bits per heavy atom. The van der Waals surface area contributed by atoms with Crippen molar-refractivity contribution in [3.63, 3.8) is 0 Å². The van der Waals surface area contributed by atoms with Crippen molar-refractivity contribution in [3.05, 3.63) is 42.2 Å². The van der Waals surface area contributed by atoms with Crippen molar-refractivity contribution in [1.29, 1.82) is 0 Å². The monoisotopic (exact) mass is 384 g/mol. The number of nitrogens with zero attached hydrogens (tertiary/aromatic N) is 2. The van der Waals surface area contributed by atoms with Crippen LogP contribution >= 0.6 is 11.3 Å². The molecule has 3 N–H and O–H groups in total. The van der Waals surface area contributed by atoms with E-state index in [9.17, 15) is 9.90 Å². The molecular formula is C19H20N4O3S. The van der Waals surface area contributed by atoms with Gasteiger partial charge in [0.25, 0.3) is 5.91 Å². The molecule has 1 amide bonds. The van der Waals surface area contributed by atoms with E-state index in [1.807, 2.05) is 18.2 Å². The van der Waals surface area contributed by atoms with Gasteiger partial charge in [-0.3, -0.25) is 9.78 Å². The molecule has 140 valence electrons. The molecule has 0 aliphatic heterocycles. The van der Waals surface area contributed by atoms with Gasteiger partial charge in [0, 0.05) is 25.4 Å². The molecule has 8 heteroatoms. The normalized spacial score (nSPS) is 19.2. The number of anilines is 1. The molecule has 2 atom stereocenters. The molecule has 0 spiro atoms. The average Bonchev–Trinajstić information content (AvgIpc) is 3.26. The average molecular weight is 384 g/mol. The number of nitrogens with one attached hydrogen (secondary N) is 2. The Bertz CT molecular complexity index is 974. The summed E-state index contributed by atoms with van der Waals surface area (Å²) >= 11 is 1.53. The summed E-state index contributed by atoms with van der Waals surface area (Å²) in [5.41, 5.74) is 1.18. The van der Waals surface area contributed by atoms with Gasteiger partial charge in [0.1, 0.15) is 17.2 Å². The summed E-state index contributed by atoms with van der Waals surface area (Å²) in [7, 11) is 1.56. The van der Waals surface area contributed by atoms with Gasteiger partial charge in [-0.05, 0) is 37.5 Å². The van der Waals surface area contributed by atoms with E-state index in [0.29, 0.717) is 17.2 Å². The van der Waals surface area contributed by atoms with Crippen LogP contribution in [-0.4, -0.2) is 40.2 Å². The zero-order valence-corrected chi connectivity index (χ0v) is 15.6. The smallest absolute Gasteiger partial charge is 0.269 e. The third-order valence-electron chi connectivity index (χ3n) is 4.58. The minimum absolute atomic E-state index is 0.0706. The van der Waals surface area contributed by atoms with Gasteiger partial charge in [-0.1, -0.05) is 11.3 Å². The molecule has 0 saturated heterocycles. The number of benzene rings is 1. The summed E-state index contributed by atoms with van der Waals surface area (Å²) < 4.78 is 6.87. The van der Waals surface area contributed by atoms with Gasteiger partial charge in [0.05, 0.1) is 22.4 Å². The number of amides is 1. The van der Waals surface area contributed by atoms with Crippen LogP contribution in [0.1, 0.15) is 29.8 Å². The quantitative estimate of drug-likeness (QED) is 0.625. The lowest BCUT2D eigenvalue weighted by atomic mass is 10.2. The van der Waals surface area contributed by atoms with Gasteiger partial charge in [0.15, 0.2) is 5.13 Å². The fourth-order valence-electron chi connectivity index (χ4n) is 3.16. The van der Waals surface area contributed by atoms with Crippen LogP contribution < -0.4 is 15.4 Å². The third kappa shape index (κ3) is 3.86. The standard InChI is InChI=1S/C19H20N4O3S/c1-20-18(25)15-9-12(7-8-21-15)26-11-5-6-14-17(10-11)27-19(23-14)22-13-3-2-4-16(13)24/h5-10,13,16,24H,2-4H2,1H3,(H,20,25)(H,22,23)/t13-,16-/m1/s1. The minimum atomic E-state index is -0.308. The first-order valence-corrected chi connectivity index (χ1v) is 9.65. The van der Waals surface area contributed by atoms with Crippen molar-refractivity contribution < 1.29 is 14.6 Å². The first-order valence-electron chi connectivity index (χ1n) is 8.83. The molecule has 1 fully saturated rings. The topological polar surface area (TPSA) is 96.4 Å². The number of carbonyl (C=O) groups excluding carboxylic acids is 1. The predicted molar refractivity (Wildman–Crippen MR) is 105 cm³/mol. The van der Waals surface area contributed by atoms with Crippen molar-refractivity contribution in [2.75, 3.05) is 12.4 Å². The van der Waals surface area contributed by atoms with E-state index in [4.69, 9.17) is 4.74 Å². The maximum Gasteiger partial charge on any atom is 0.269 e. The van der Waals surface area contributed by atoms with Crippen molar-refractivity contribution in [1.82, 2.24) is 15.3 Å². The zero-order valence-electron chi connectivity index (χ0n) is 14.8. The van der Waals surface area contributed by atoms with E-state index in [2.05, 4.69) is 20.6 Å². The van der Waals surface area contributed by atoms with Crippen molar-refractivity contribution in [2.45, 2.75) is 31.4 Å². The van der Waals surface area contributed by atoms with Gasteiger partial charge < -0.3 is 20.5 Å². The molecule has 0 bridgehead atoms. The molecule has 7 nitrogen and oxygen atoms in total. The number of pyridine rings is 1. The van der Waals surface area contributed by atoms with E-state index in [0.717, 1.165) is 34.6 Å². The maximum absolute atomic E-state index is 11.7. The number of fused-ring (bicyclic) bond motifs is 1. The van der Waals surface area contributed by atoms with Crippen molar-refractivity contribution in [2.24, 2.45) is 0 Å². The number of aliphatic hydroxyl groups is 1. The highest BCUT2D eigenvalue weighted by atomic mass is 32.1.